The van der Waals surface area contributed by atoms with Crippen molar-refractivity contribution in [3.05, 3.63) is 0 Å². The topological polar surface area (TPSA) is 52.7 Å². The highest BCUT2D eigenvalue weighted by Gasteiger charge is 2.57. The van der Waals surface area contributed by atoms with Crippen molar-refractivity contribution < 1.29 is 9.59 Å². The van der Waals surface area contributed by atoms with Crippen LogP contribution in [0.3, 0.4) is 0 Å². The molecule has 5 saturated carbocycles. The second-order valence-electron chi connectivity index (χ2n) is 10.3. The largest absolute Gasteiger partial charge is 0.352 e. The molecule has 6 fully saturated rings. The van der Waals surface area contributed by atoms with Gasteiger partial charge in [-0.15, -0.1) is 0 Å². The molecule has 1 aliphatic heterocycles. The molecule has 5 nitrogen and oxygen atoms in total. The summed E-state index contributed by atoms with van der Waals surface area (Å²) >= 11 is 4.06. The zero-order valence-corrected chi connectivity index (χ0v) is 17.8. The molecule has 150 valence electrons. The Hall–Kier alpha value is -0.620. The van der Waals surface area contributed by atoms with Crippen molar-refractivity contribution in [2.45, 2.75) is 68.2 Å². The van der Waals surface area contributed by atoms with Crippen LogP contribution in [0.4, 0.5) is 0 Å². The van der Waals surface area contributed by atoms with Crippen LogP contribution in [-0.2, 0) is 9.59 Å². The van der Waals surface area contributed by atoms with E-state index < -0.39 is 0 Å². The maximum Gasteiger partial charge on any atom is 0.234 e. The lowest BCUT2D eigenvalue weighted by atomic mass is 9.48. The Morgan fingerprint density at radius 1 is 1.00 bits per heavy atom. The lowest BCUT2D eigenvalue weighted by Crippen LogP contribution is -2.55. The van der Waals surface area contributed by atoms with Crippen LogP contribution in [0, 0.1) is 17.3 Å². The molecule has 1 saturated heterocycles. The standard InChI is InChI=1S/C21H32BrN3O2/c22-21-10-15-7-16(11-21)9-20(8-15,14-21)12-19(27)25-5-3-24(4-6-25)13-18(26)23-17-1-2-17/h15-17H,1-14H2,(H,23,26). The molecule has 0 spiro atoms. The quantitative estimate of drug-likeness (QED) is 0.672. The summed E-state index contributed by atoms with van der Waals surface area (Å²) in [7, 11) is 0. The predicted octanol–water partition coefficient (Wildman–Crippen LogP) is 2.53. The van der Waals surface area contributed by atoms with Gasteiger partial charge >= 0.3 is 0 Å². The van der Waals surface area contributed by atoms with Crippen LogP contribution < -0.4 is 5.32 Å². The second-order valence-corrected chi connectivity index (χ2v) is 12.0. The molecule has 2 amide bonds. The summed E-state index contributed by atoms with van der Waals surface area (Å²) < 4.78 is 0.324. The maximum atomic E-state index is 13.1. The fourth-order valence-electron chi connectivity index (χ4n) is 6.83. The Labute approximate surface area is 170 Å². The molecule has 6 rings (SSSR count). The van der Waals surface area contributed by atoms with Crippen LogP contribution >= 0.6 is 15.9 Å². The number of hydrogen-bond donors (Lipinski definition) is 1. The predicted molar refractivity (Wildman–Crippen MR) is 108 cm³/mol. The SMILES string of the molecule is O=C(CN1CCN(C(=O)CC23CC4CC(CC(Br)(C4)C2)C3)CC1)NC1CC1. The van der Waals surface area contributed by atoms with E-state index in [1.165, 1.54) is 38.5 Å². The first-order chi connectivity index (χ1) is 12.9. The van der Waals surface area contributed by atoms with Gasteiger partial charge in [0.2, 0.25) is 11.8 Å². The number of piperazine rings is 1. The van der Waals surface area contributed by atoms with E-state index in [0.29, 0.717) is 22.8 Å². The van der Waals surface area contributed by atoms with Gasteiger partial charge in [-0.3, -0.25) is 14.5 Å². The number of halogens is 1. The number of nitrogens with zero attached hydrogens (tertiary/aromatic N) is 2. The van der Waals surface area contributed by atoms with Gasteiger partial charge in [0.05, 0.1) is 6.54 Å². The van der Waals surface area contributed by atoms with Gasteiger partial charge in [0, 0.05) is 43.0 Å². The van der Waals surface area contributed by atoms with Crippen molar-refractivity contribution >= 4 is 27.7 Å². The molecule has 0 aromatic heterocycles. The van der Waals surface area contributed by atoms with Crippen LogP contribution in [-0.4, -0.2) is 64.7 Å². The highest BCUT2D eigenvalue weighted by atomic mass is 79.9. The van der Waals surface area contributed by atoms with Gasteiger partial charge in [0.15, 0.2) is 0 Å². The highest BCUT2D eigenvalue weighted by molar-refractivity contribution is 9.10. The number of amides is 2. The summed E-state index contributed by atoms with van der Waals surface area (Å²) in [4.78, 5) is 29.3. The molecule has 5 aliphatic carbocycles. The van der Waals surface area contributed by atoms with E-state index >= 15 is 0 Å². The highest BCUT2D eigenvalue weighted by Crippen LogP contribution is 2.65. The number of carbonyl (C=O) groups is 2. The molecule has 0 radical (unpaired) electrons. The van der Waals surface area contributed by atoms with Crippen molar-refractivity contribution in [2.75, 3.05) is 32.7 Å². The number of alkyl halides is 1. The molecule has 4 bridgehead atoms. The van der Waals surface area contributed by atoms with Gasteiger partial charge in [-0.25, -0.2) is 0 Å². The maximum absolute atomic E-state index is 13.1. The monoisotopic (exact) mass is 437 g/mol. The van der Waals surface area contributed by atoms with Gasteiger partial charge in [0.25, 0.3) is 0 Å². The Morgan fingerprint density at radius 2 is 1.67 bits per heavy atom. The molecule has 27 heavy (non-hydrogen) atoms. The van der Waals surface area contributed by atoms with E-state index in [0.717, 1.165) is 57.3 Å². The minimum absolute atomic E-state index is 0.147. The van der Waals surface area contributed by atoms with Gasteiger partial charge in [-0.1, -0.05) is 15.9 Å². The number of hydrogen-bond acceptors (Lipinski definition) is 3. The third-order valence-electron chi connectivity index (χ3n) is 7.67. The normalized spacial score (nSPS) is 41.0. The van der Waals surface area contributed by atoms with Gasteiger partial charge < -0.3 is 10.2 Å². The van der Waals surface area contributed by atoms with Gasteiger partial charge in [-0.2, -0.15) is 0 Å². The smallest absolute Gasteiger partial charge is 0.234 e. The van der Waals surface area contributed by atoms with E-state index in [-0.39, 0.29) is 11.3 Å². The summed E-state index contributed by atoms with van der Waals surface area (Å²) in [6.45, 7) is 3.68. The van der Waals surface area contributed by atoms with Crippen molar-refractivity contribution in [3.8, 4) is 0 Å². The molecule has 2 atom stereocenters. The lowest BCUT2D eigenvalue weighted by Gasteiger charge is -2.60. The molecule has 0 aromatic rings. The Bertz CT molecular complexity index is 613. The van der Waals surface area contributed by atoms with E-state index in [2.05, 4.69) is 31.0 Å². The Morgan fingerprint density at radius 3 is 2.26 bits per heavy atom. The van der Waals surface area contributed by atoms with Crippen molar-refractivity contribution in [3.63, 3.8) is 0 Å². The zero-order chi connectivity index (χ0) is 18.6. The lowest BCUT2D eigenvalue weighted by molar-refractivity contribution is -0.140. The Kier molecular flexibility index (Phi) is 4.58. The molecular formula is C21H32BrN3O2. The van der Waals surface area contributed by atoms with E-state index in [9.17, 15) is 9.59 Å². The fraction of sp³-hybridized carbons (Fsp3) is 0.905. The van der Waals surface area contributed by atoms with Crippen LogP contribution in [0.25, 0.3) is 0 Å². The van der Waals surface area contributed by atoms with Crippen LogP contribution in [0.2, 0.25) is 0 Å². The summed E-state index contributed by atoms with van der Waals surface area (Å²) in [5, 5.41) is 3.06. The summed E-state index contributed by atoms with van der Waals surface area (Å²) in [5.74, 6) is 2.17. The molecule has 2 unspecified atom stereocenters. The molecule has 6 aliphatic rings. The summed E-state index contributed by atoms with van der Waals surface area (Å²) in [5.41, 5.74) is 0.256. The minimum Gasteiger partial charge on any atom is -0.352 e. The van der Waals surface area contributed by atoms with Crippen molar-refractivity contribution in [2.24, 2.45) is 17.3 Å². The zero-order valence-electron chi connectivity index (χ0n) is 16.2. The second kappa shape index (κ2) is 6.72. The number of rotatable bonds is 5. The summed E-state index contributed by atoms with van der Waals surface area (Å²) in [6, 6.07) is 0.429. The number of carbonyl (C=O) groups excluding carboxylic acids is 2. The third kappa shape index (κ3) is 3.93. The first-order valence-corrected chi connectivity index (χ1v) is 11.7. The van der Waals surface area contributed by atoms with Crippen LogP contribution in [0.5, 0.6) is 0 Å². The minimum atomic E-state index is 0.147. The third-order valence-corrected chi connectivity index (χ3v) is 8.60. The van der Waals surface area contributed by atoms with Crippen LogP contribution in [0.1, 0.15) is 57.8 Å². The number of nitrogens with one attached hydrogen (secondary N) is 1. The molecule has 6 heteroatoms. The van der Waals surface area contributed by atoms with Gasteiger partial charge in [-0.05, 0) is 68.6 Å². The molecule has 1 heterocycles. The molecule has 1 N–H and O–H groups in total. The van der Waals surface area contributed by atoms with Crippen molar-refractivity contribution in [1.29, 1.82) is 0 Å². The Balaban J connectivity index is 1.13. The van der Waals surface area contributed by atoms with E-state index in [1.54, 1.807) is 0 Å². The van der Waals surface area contributed by atoms with E-state index in [4.69, 9.17) is 0 Å². The summed E-state index contributed by atoms with van der Waals surface area (Å²) in [6.07, 6.45) is 10.8. The van der Waals surface area contributed by atoms with E-state index in [1.807, 2.05) is 0 Å². The average molecular weight is 438 g/mol. The average Bonchev–Trinajstić information content (AvgIpc) is 3.36. The van der Waals surface area contributed by atoms with Gasteiger partial charge in [0.1, 0.15) is 0 Å². The van der Waals surface area contributed by atoms with Crippen molar-refractivity contribution in [1.82, 2.24) is 15.1 Å². The van der Waals surface area contributed by atoms with Crippen LogP contribution in [0.15, 0.2) is 0 Å². The first kappa shape index (κ1) is 18.4. The molecular weight excluding hydrogens is 406 g/mol. The first-order valence-electron chi connectivity index (χ1n) is 10.9. The fourth-order valence-corrected chi connectivity index (χ4v) is 8.35. The molecule has 0 aromatic carbocycles.